The average molecular weight is 311 g/mol. The van der Waals surface area contributed by atoms with E-state index in [-0.39, 0.29) is 5.56 Å². The Hall–Kier alpha value is -1.85. The summed E-state index contributed by atoms with van der Waals surface area (Å²) in [6, 6.07) is 4.67. The van der Waals surface area contributed by atoms with Crippen molar-refractivity contribution in [1.29, 1.82) is 0 Å². The minimum atomic E-state index is -0.421. The van der Waals surface area contributed by atoms with Crippen LogP contribution in [0, 0.1) is 6.92 Å². The van der Waals surface area contributed by atoms with Gasteiger partial charge in [0.25, 0.3) is 5.91 Å². The molecule has 104 valence electrons. The van der Waals surface area contributed by atoms with Crippen LogP contribution in [0.5, 0.6) is 0 Å². The van der Waals surface area contributed by atoms with E-state index < -0.39 is 5.91 Å². The molecule has 0 spiro atoms. The number of halogens is 2. The normalized spacial score (nSPS) is 11.0. The Morgan fingerprint density at radius 2 is 2.20 bits per heavy atom. The van der Waals surface area contributed by atoms with Crippen LogP contribution >= 0.6 is 23.2 Å². The number of nitrogens with one attached hydrogen (secondary N) is 1. The van der Waals surface area contributed by atoms with E-state index >= 15 is 0 Å². The van der Waals surface area contributed by atoms with Crippen LogP contribution in [0.15, 0.2) is 29.5 Å². The van der Waals surface area contributed by atoms with Gasteiger partial charge in [0, 0.05) is 23.8 Å². The SMILES string of the molecule is Cc1nn(C)cc1/C=N/NC(=O)c1cc(Cl)ccc1Cl. The van der Waals surface area contributed by atoms with Crippen molar-refractivity contribution in [2.24, 2.45) is 12.1 Å². The molecule has 0 aliphatic carbocycles. The molecule has 7 heteroatoms. The summed E-state index contributed by atoms with van der Waals surface area (Å²) in [5.74, 6) is -0.421. The molecule has 1 amide bonds. The van der Waals surface area contributed by atoms with Crippen molar-refractivity contribution in [2.45, 2.75) is 6.92 Å². The molecule has 0 saturated heterocycles. The number of benzene rings is 1. The van der Waals surface area contributed by atoms with E-state index in [2.05, 4.69) is 15.6 Å². The van der Waals surface area contributed by atoms with Gasteiger partial charge in [0.05, 0.1) is 22.5 Å². The standard InChI is InChI=1S/C13H12Cl2N4O/c1-8-9(7-19(2)18-8)6-16-17-13(20)11-5-10(14)3-4-12(11)15/h3-7H,1-2H3,(H,17,20)/b16-6+. The van der Waals surface area contributed by atoms with Crippen molar-refractivity contribution in [2.75, 3.05) is 0 Å². The predicted molar refractivity (Wildman–Crippen MR) is 79.5 cm³/mol. The van der Waals surface area contributed by atoms with Crippen molar-refractivity contribution in [3.05, 3.63) is 51.3 Å². The van der Waals surface area contributed by atoms with Crippen molar-refractivity contribution < 1.29 is 4.79 Å². The molecule has 1 heterocycles. The highest BCUT2D eigenvalue weighted by atomic mass is 35.5. The number of rotatable bonds is 3. The fraction of sp³-hybridized carbons (Fsp3) is 0.154. The molecular weight excluding hydrogens is 299 g/mol. The Balaban J connectivity index is 2.09. The summed E-state index contributed by atoms with van der Waals surface area (Å²) in [4.78, 5) is 11.9. The molecule has 0 atom stereocenters. The fourth-order valence-corrected chi connectivity index (χ4v) is 2.01. The summed E-state index contributed by atoms with van der Waals surface area (Å²) in [5.41, 5.74) is 4.33. The van der Waals surface area contributed by atoms with Crippen molar-refractivity contribution in [3.8, 4) is 0 Å². The quantitative estimate of drug-likeness (QED) is 0.700. The number of aromatic nitrogens is 2. The van der Waals surface area contributed by atoms with Crippen LogP contribution in [0.25, 0.3) is 0 Å². The van der Waals surface area contributed by atoms with Crippen LogP contribution in [0.4, 0.5) is 0 Å². The van der Waals surface area contributed by atoms with E-state index in [9.17, 15) is 4.79 Å². The second-order valence-corrected chi connectivity index (χ2v) is 5.01. The first-order chi connectivity index (χ1) is 9.47. The van der Waals surface area contributed by atoms with E-state index in [4.69, 9.17) is 23.2 Å². The lowest BCUT2D eigenvalue weighted by Crippen LogP contribution is -2.18. The van der Waals surface area contributed by atoms with Crippen molar-refractivity contribution in [3.63, 3.8) is 0 Å². The van der Waals surface area contributed by atoms with Crippen LogP contribution in [0.1, 0.15) is 21.6 Å². The summed E-state index contributed by atoms with van der Waals surface area (Å²) < 4.78 is 1.67. The molecule has 0 radical (unpaired) electrons. The van der Waals surface area contributed by atoms with Gasteiger partial charge in [0.15, 0.2) is 0 Å². The molecule has 0 unspecified atom stereocenters. The topological polar surface area (TPSA) is 59.3 Å². The molecule has 0 aliphatic heterocycles. The zero-order chi connectivity index (χ0) is 14.7. The van der Waals surface area contributed by atoms with E-state index in [1.807, 2.05) is 14.0 Å². The maximum absolute atomic E-state index is 11.9. The molecular formula is C13H12Cl2N4O. The van der Waals surface area contributed by atoms with E-state index in [1.54, 1.807) is 23.0 Å². The molecule has 0 fully saturated rings. The number of amides is 1. The first-order valence-corrected chi connectivity index (χ1v) is 6.51. The Morgan fingerprint density at radius 1 is 1.45 bits per heavy atom. The third-order valence-electron chi connectivity index (χ3n) is 2.59. The van der Waals surface area contributed by atoms with Gasteiger partial charge in [0.1, 0.15) is 0 Å². The highest BCUT2D eigenvalue weighted by molar-refractivity contribution is 6.35. The van der Waals surface area contributed by atoms with Crippen LogP contribution in [0.3, 0.4) is 0 Å². The molecule has 0 aliphatic rings. The number of carbonyl (C=O) groups excluding carboxylic acids is 1. The largest absolute Gasteiger partial charge is 0.275 e. The average Bonchev–Trinajstić information content (AvgIpc) is 2.71. The zero-order valence-corrected chi connectivity index (χ0v) is 12.4. The van der Waals surface area contributed by atoms with Crippen molar-refractivity contribution >= 4 is 35.3 Å². The van der Waals surface area contributed by atoms with Gasteiger partial charge in [0.2, 0.25) is 0 Å². The molecule has 20 heavy (non-hydrogen) atoms. The Kier molecular flexibility index (Phi) is 4.42. The van der Waals surface area contributed by atoms with Gasteiger partial charge >= 0.3 is 0 Å². The number of hydrazone groups is 1. The highest BCUT2D eigenvalue weighted by Gasteiger charge is 2.10. The molecule has 5 nitrogen and oxygen atoms in total. The second kappa shape index (κ2) is 6.07. The molecule has 0 saturated carbocycles. The smallest absolute Gasteiger partial charge is 0.272 e. The third kappa shape index (κ3) is 3.37. The Labute approximate surface area is 126 Å². The van der Waals surface area contributed by atoms with Crippen LogP contribution < -0.4 is 5.43 Å². The summed E-state index contributed by atoms with van der Waals surface area (Å²) in [6.45, 7) is 1.86. The number of hydrogen-bond acceptors (Lipinski definition) is 3. The maximum Gasteiger partial charge on any atom is 0.272 e. The Bertz CT molecular complexity index is 679. The van der Waals surface area contributed by atoms with Gasteiger partial charge in [-0.25, -0.2) is 5.43 Å². The van der Waals surface area contributed by atoms with Gasteiger partial charge in [-0.05, 0) is 25.1 Å². The van der Waals surface area contributed by atoms with Crippen LogP contribution in [0.2, 0.25) is 10.0 Å². The lowest BCUT2D eigenvalue weighted by Gasteiger charge is -2.02. The second-order valence-electron chi connectivity index (χ2n) is 4.17. The number of carbonyl (C=O) groups is 1. The van der Waals surface area contributed by atoms with Crippen molar-refractivity contribution in [1.82, 2.24) is 15.2 Å². The third-order valence-corrected chi connectivity index (χ3v) is 3.16. The lowest BCUT2D eigenvalue weighted by atomic mass is 10.2. The summed E-state index contributed by atoms with van der Waals surface area (Å²) >= 11 is 11.8. The van der Waals surface area contributed by atoms with Gasteiger partial charge in [-0.3, -0.25) is 9.48 Å². The number of hydrogen-bond donors (Lipinski definition) is 1. The highest BCUT2D eigenvalue weighted by Crippen LogP contribution is 2.20. The van der Waals surface area contributed by atoms with Gasteiger partial charge < -0.3 is 0 Å². The predicted octanol–water partition coefficient (Wildman–Crippen LogP) is 2.80. The van der Waals surface area contributed by atoms with Gasteiger partial charge in [-0.1, -0.05) is 23.2 Å². The van der Waals surface area contributed by atoms with Crippen LogP contribution in [-0.4, -0.2) is 21.9 Å². The summed E-state index contributed by atoms with van der Waals surface area (Å²) in [5, 5.41) is 8.81. The maximum atomic E-state index is 11.9. The molecule has 1 aromatic heterocycles. The first-order valence-electron chi connectivity index (χ1n) is 5.76. The minimum absolute atomic E-state index is 0.277. The van der Waals surface area contributed by atoms with Crippen LogP contribution in [-0.2, 0) is 7.05 Å². The molecule has 1 N–H and O–H groups in total. The monoisotopic (exact) mass is 310 g/mol. The van der Waals surface area contributed by atoms with Gasteiger partial charge in [-0.15, -0.1) is 0 Å². The Morgan fingerprint density at radius 3 is 2.85 bits per heavy atom. The summed E-state index contributed by atoms with van der Waals surface area (Å²) in [7, 11) is 1.81. The molecule has 0 bridgehead atoms. The molecule has 1 aromatic carbocycles. The van der Waals surface area contributed by atoms with Gasteiger partial charge in [-0.2, -0.15) is 10.2 Å². The number of nitrogens with zero attached hydrogens (tertiary/aromatic N) is 3. The van der Waals surface area contributed by atoms with E-state index in [0.717, 1.165) is 11.3 Å². The lowest BCUT2D eigenvalue weighted by molar-refractivity contribution is 0.0955. The summed E-state index contributed by atoms with van der Waals surface area (Å²) in [6.07, 6.45) is 3.33. The zero-order valence-electron chi connectivity index (χ0n) is 10.9. The van der Waals surface area contributed by atoms with E-state index in [0.29, 0.717) is 10.0 Å². The molecule has 2 aromatic rings. The first kappa shape index (κ1) is 14.6. The fourth-order valence-electron chi connectivity index (χ4n) is 1.64. The minimum Gasteiger partial charge on any atom is -0.275 e. The molecule has 2 rings (SSSR count). The van der Waals surface area contributed by atoms with E-state index in [1.165, 1.54) is 12.3 Å². The number of aryl methyl sites for hydroxylation is 2.